The molecule has 0 aromatic heterocycles. The Morgan fingerprint density at radius 3 is 2.25 bits per heavy atom. The maximum Gasteiger partial charge on any atom is 0.0630 e. The highest BCUT2D eigenvalue weighted by Crippen LogP contribution is 2.04. The molecule has 3 heteroatoms. The second-order valence-corrected chi connectivity index (χ2v) is 3.27. The first-order chi connectivity index (χ1) is 5.67. The Kier molecular flexibility index (Phi) is 6.34. The Hall–Kier alpha value is -0.120. The number of likely N-dealkylation sites (N-methyl/N-ethyl adjacent to an activating group) is 1. The lowest BCUT2D eigenvalue weighted by Gasteiger charge is -2.32. The van der Waals surface area contributed by atoms with Crippen LogP contribution in [0.25, 0.3) is 0 Å². The minimum absolute atomic E-state index is 0.361. The van der Waals surface area contributed by atoms with Crippen LogP contribution in [0, 0.1) is 0 Å². The molecule has 0 fully saturated rings. The van der Waals surface area contributed by atoms with Crippen LogP contribution in [-0.4, -0.2) is 43.8 Å². The van der Waals surface area contributed by atoms with Gasteiger partial charge in [0.05, 0.1) is 6.61 Å². The Balaban J connectivity index is 4.02. The molecule has 0 aliphatic carbocycles. The van der Waals surface area contributed by atoms with E-state index in [1.165, 1.54) is 0 Å². The smallest absolute Gasteiger partial charge is 0.0630 e. The average molecular weight is 174 g/mol. The second-order valence-electron chi connectivity index (χ2n) is 3.27. The number of ether oxygens (including phenoxy) is 1. The van der Waals surface area contributed by atoms with Crippen LogP contribution in [0.5, 0.6) is 0 Å². The summed E-state index contributed by atoms with van der Waals surface area (Å²) in [4.78, 5) is 2.35. The van der Waals surface area contributed by atoms with E-state index in [2.05, 4.69) is 25.7 Å². The third kappa shape index (κ3) is 3.52. The van der Waals surface area contributed by atoms with E-state index in [-0.39, 0.29) is 0 Å². The van der Waals surface area contributed by atoms with Crippen molar-refractivity contribution in [3.05, 3.63) is 0 Å². The van der Waals surface area contributed by atoms with Crippen LogP contribution in [0.3, 0.4) is 0 Å². The Bertz CT molecular complexity index is 107. The van der Waals surface area contributed by atoms with Crippen LogP contribution >= 0.6 is 0 Å². The predicted molar refractivity (Wildman–Crippen MR) is 52.2 cm³/mol. The molecule has 0 radical (unpaired) electrons. The third-order valence-corrected chi connectivity index (χ3v) is 2.13. The lowest BCUT2D eigenvalue weighted by molar-refractivity contribution is 0.0781. The summed E-state index contributed by atoms with van der Waals surface area (Å²) in [6.45, 7) is 8.94. The number of hydrogen-bond acceptors (Lipinski definition) is 3. The van der Waals surface area contributed by atoms with Gasteiger partial charge in [-0.15, -0.1) is 0 Å². The van der Waals surface area contributed by atoms with Crippen molar-refractivity contribution in [2.75, 3.05) is 26.8 Å². The molecule has 1 unspecified atom stereocenters. The highest BCUT2D eigenvalue weighted by Gasteiger charge is 2.17. The fraction of sp³-hybridized carbons (Fsp3) is 1.00. The second kappa shape index (κ2) is 6.40. The number of nitrogens with zero attached hydrogens (tertiary/aromatic N) is 1. The van der Waals surface area contributed by atoms with Crippen LogP contribution in [0.4, 0.5) is 0 Å². The van der Waals surface area contributed by atoms with E-state index in [0.717, 1.165) is 13.2 Å². The zero-order valence-electron chi connectivity index (χ0n) is 8.71. The summed E-state index contributed by atoms with van der Waals surface area (Å²) in [5, 5.41) is 0. The molecule has 2 N–H and O–H groups in total. The van der Waals surface area contributed by atoms with E-state index in [0.29, 0.717) is 18.6 Å². The van der Waals surface area contributed by atoms with E-state index in [1.807, 2.05) is 0 Å². The molecule has 0 heterocycles. The molecule has 0 saturated heterocycles. The lowest BCUT2D eigenvalue weighted by Crippen LogP contribution is -2.47. The van der Waals surface area contributed by atoms with Crippen molar-refractivity contribution in [3.63, 3.8) is 0 Å². The third-order valence-electron chi connectivity index (χ3n) is 2.13. The number of rotatable bonds is 6. The molecule has 0 aromatic rings. The Labute approximate surface area is 75.9 Å². The van der Waals surface area contributed by atoms with Crippen molar-refractivity contribution in [1.29, 1.82) is 0 Å². The zero-order valence-corrected chi connectivity index (χ0v) is 8.71. The summed E-state index contributed by atoms with van der Waals surface area (Å²) in [6.07, 6.45) is 0. The fourth-order valence-electron chi connectivity index (χ4n) is 1.54. The van der Waals surface area contributed by atoms with Gasteiger partial charge in [-0.25, -0.2) is 0 Å². The molecule has 0 aliphatic rings. The highest BCUT2D eigenvalue weighted by atomic mass is 16.5. The Morgan fingerprint density at radius 1 is 1.42 bits per heavy atom. The van der Waals surface area contributed by atoms with Crippen LogP contribution in [-0.2, 0) is 4.74 Å². The minimum atomic E-state index is 0.361. The molecule has 0 saturated carbocycles. The molecule has 0 aromatic carbocycles. The van der Waals surface area contributed by atoms with Crippen molar-refractivity contribution in [3.8, 4) is 0 Å². The molecule has 3 nitrogen and oxygen atoms in total. The normalized spacial score (nSPS) is 14.2. The average Bonchev–Trinajstić information content (AvgIpc) is 2.03. The van der Waals surface area contributed by atoms with Crippen LogP contribution in [0.15, 0.2) is 0 Å². The van der Waals surface area contributed by atoms with Gasteiger partial charge in [0.15, 0.2) is 0 Å². The molecule has 0 spiro atoms. The monoisotopic (exact) mass is 174 g/mol. The summed E-state index contributed by atoms with van der Waals surface area (Å²) in [7, 11) is 1.72. The van der Waals surface area contributed by atoms with Crippen molar-refractivity contribution >= 4 is 0 Å². The van der Waals surface area contributed by atoms with Crippen molar-refractivity contribution in [2.45, 2.75) is 32.9 Å². The number of nitrogens with two attached hydrogens (primary N) is 1. The maximum absolute atomic E-state index is 5.65. The molecule has 1 atom stereocenters. The summed E-state index contributed by atoms with van der Waals surface area (Å²) in [6, 6.07) is 0.902. The minimum Gasteiger partial charge on any atom is -0.383 e. The predicted octanol–water partition coefficient (Wildman–Crippen LogP) is 0.690. The summed E-state index contributed by atoms with van der Waals surface area (Å²) in [5.74, 6) is 0. The van der Waals surface area contributed by atoms with Gasteiger partial charge >= 0.3 is 0 Å². The van der Waals surface area contributed by atoms with Gasteiger partial charge in [0, 0.05) is 25.7 Å². The van der Waals surface area contributed by atoms with Crippen LogP contribution in [0.2, 0.25) is 0 Å². The van der Waals surface area contributed by atoms with Gasteiger partial charge in [-0.2, -0.15) is 0 Å². The van der Waals surface area contributed by atoms with E-state index in [1.54, 1.807) is 7.11 Å². The first-order valence-corrected chi connectivity index (χ1v) is 4.62. The number of hydrogen-bond donors (Lipinski definition) is 1. The first-order valence-electron chi connectivity index (χ1n) is 4.62. The summed E-state index contributed by atoms with van der Waals surface area (Å²) >= 11 is 0. The van der Waals surface area contributed by atoms with Gasteiger partial charge in [0.25, 0.3) is 0 Å². The van der Waals surface area contributed by atoms with E-state index in [4.69, 9.17) is 10.5 Å². The maximum atomic E-state index is 5.65. The van der Waals surface area contributed by atoms with Gasteiger partial charge in [-0.05, 0) is 20.4 Å². The molecule has 0 bridgehead atoms. The SMILES string of the molecule is CCN(C(C)C)C(CN)COC. The van der Waals surface area contributed by atoms with E-state index >= 15 is 0 Å². The van der Waals surface area contributed by atoms with Crippen molar-refractivity contribution < 1.29 is 4.74 Å². The van der Waals surface area contributed by atoms with E-state index in [9.17, 15) is 0 Å². The van der Waals surface area contributed by atoms with Crippen molar-refractivity contribution in [2.24, 2.45) is 5.73 Å². The zero-order chi connectivity index (χ0) is 9.56. The molecule has 0 rings (SSSR count). The van der Waals surface area contributed by atoms with Crippen LogP contribution < -0.4 is 5.73 Å². The van der Waals surface area contributed by atoms with Gasteiger partial charge in [0.2, 0.25) is 0 Å². The van der Waals surface area contributed by atoms with Gasteiger partial charge in [0.1, 0.15) is 0 Å². The molecule has 12 heavy (non-hydrogen) atoms. The summed E-state index contributed by atoms with van der Waals surface area (Å²) in [5.41, 5.74) is 5.65. The molecule has 0 aliphatic heterocycles. The lowest BCUT2D eigenvalue weighted by atomic mass is 10.2. The van der Waals surface area contributed by atoms with Gasteiger partial charge in [-0.1, -0.05) is 6.92 Å². The first kappa shape index (κ1) is 11.9. The van der Waals surface area contributed by atoms with E-state index < -0.39 is 0 Å². The summed E-state index contributed by atoms with van der Waals surface area (Å²) < 4.78 is 5.11. The van der Waals surface area contributed by atoms with Gasteiger partial charge < -0.3 is 10.5 Å². The highest BCUT2D eigenvalue weighted by molar-refractivity contribution is 4.73. The topological polar surface area (TPSA) is 38.5 Å². The molecular weight excluding hydrogens is 152 g/mol. The van der Waals surface area contributed by atoms with Gasteiger partial charge in [-0.3, -0.25) is 4.90 Å². The Morgan fingerprint density at radius 2 is 2.00 bits per heavy atom. The fourth-order valence-corrected chi connectivity index (χ4v) is 1.54. The number of methoxy groups -OCH3 is 1. The largest absolute Gasteiger partial charge is 0.383 e. The quantitative estimate of drug-likeness (QED) is 0.644. The standard InChI is InChI=1S/C9H22N2O/c1-5-11(8(2)3)9(6-10)7-12-4/h8-9H,5-7,10H2,1-4H3. The van der Waals surface area contributed by atoms with Crippen molar-refractivity contribution in [1.82, 2.24) is 4.90 Å². The molecule has 0 amide bonds. The molecular formula is C9H22N2O. The molecule has 74 valence electrons. The van der Waals surface area contributed by atoms with Crippen LogP contribution in [0.1, 0.15) is 20.8 Å².